The van der Waals surface area contributed by atoms with Crippen LogP contribution in [0, 0.1) is 11.5 Å². The maximum atomic E-state index is 6.77. The molecule has 33 heavy (non-hydrogen) atoms. The van der Waals surface area contributed by atoms with Crippen molar-refractivity contribution in [3.63, 3.8) is 0 Å². The number of ether oxygens (including phenoxy) is 4. The van der Waals surface area contributed by atoms with Crippen molar-refractivity contribution in [1.29, 1.82) is 0 Å². The highest BCUT2D eigenvalue weighted by molar-refractivity contribution is 9.10. The summed E-state index contributed by atoms with van der Waals surface area (Å²) in [6.07, 6.45) is 1.15. The first-order valence-electron chi connectivity index (χ1n) is 10.7. The van der Waals surface area contributed by atoms with E-state index >= 15 is 0 Å². The minimum atomic E-state index is -1.58. The topological polar surface area (TPSA) is 36.9 Å². The molecule has 2 aromatic carbocycles. The first-order chi connectivity index (χ1) is 15.7. The molecule has 0 fully saturated rings. The summed E-state index contributed by atoms with van der Waals surface area (Å²) in [7, 11) is 3.36. The summed E-state index contributed by atoms with van der Waals surface area (Å²) >= 11 is 10.5. The van der Waals surface area contributed by atoms with Crippen LogP contribution in [0.4, 0.5) is 0 Å². The first-order valence-corrected chi connectivity index (χ1v) is 15.4. The number of halogens is 2. The summed E-state index contributed by atoms with van der Waals surface area (Å²) in [5.74, 6) is 4.57. The smallest absolute Gasteiger partial charge is 0.139 e. The number of fused-ring (bicyclic) bond motifs is 1. The molecule has 0 amide bonds. The Hall–Kier alpha value is -1.75. The highest BCUT2D eigenvalue weighted by Crippen LogP contribution is 2.49. The number of hydrogen-bond donors (Lipinski definition) is 0. The van der Waals surface area contributed by atoms with Crippen LogP contribution in [0.3, 0.4) is 0 Å². The molecule has 1 aliphatic rings. The first kappa shape index (κ1) is 25.9. The molecule has 0 radical (unpaired) electrons. The third kappa shape index (κ3) is 6.03. The van der Waals surface area contributed by atoms with E-state index < -0.39 is 19.6 Å². The van der Waals surface area contributed by atoms with Crippen LogP contribution in [0.1, 0.15) is 39.8 Å². The zero-order valence-electron chi connectivity index (χ0n) is 19.9. The molecule has 0 heterocycles. The van der Waals surface area contributed by atoms with E-state index in [9.17, 15) is 0 Å². The molecular weight excluding hydrogens is 520 g/mol. The molecule has 0 saturated carbocycles. The molecule has 3 rings (SSSR count). The van der Waals surface area contributed by atoms with Gasteiger partial charge in [-0.2, -0.15) is 0 Å². The second-order valence-corrected chi connectivity index (χ2v) is 14.8. The van der Waals surface area contributed by atoms with Crippen molar-refractivity contribution in [1.82, 2.24) is 0 Å². The van der Waals surface area contributed by atoms with Crippen molar-refractivity contribution in [3.8, 4) is 17.2 Å². The zero-order chi connectivity index (χ0) is 24.2. The molecule has 0 saturated heterocycles. The molecule has 4 nitrogen and oxygen atoms in total. The SMILES string of the molecule is COC1=CC(OCc2ccccc2)c2c(cc(C(Cl)C#C[Si](C)(C)C)c(Br)c2OC)C1OC. The molecule has 3 atom stereocenters. The lowest BCUT2D eigenvalue weighted by molar-refractivity contribution is 0.0361. The van der Waals surface area contributed by atoms with Gasteiger partial charge in [-0.15, -0.1) is 17.1 Å². The van der Waals surface area contributed by atoms with Gasteiger partial charge in [0.2, 0.25) is 0 Å². The van der Waals surface area contributed by atoms with E-state index in [1.807, 2.05) is 42.5 Å². The van der Waals surface area contributed by atoms with Gasteiger partial charge in [-0.25, -0.2) is 0 Å². The lowest BCUT2D eigenvalue weighted by Crippen LogP contribution is -2.21. The molecule has 7 heteroatoms. The Labute approximate surface area is 211 Å². The Morgan fingerprint density at radius 2 is 1.79 bits per heavy atom. The van der Waals surface area contributed by atoms with Crippen LogP contribution in [0.25, 0.3) is 0 Å². The van der Waals surface area contributed by atoms with Gasteiger partial charge in [-0.3, -0.25) is 0 Å². The number of methoxy groups -OCH3 is 3. The summed E-state index contributed by atoms with van der Waals surface area (Å²) in [5, 5.41) is -0.497. The minimum absolute atomic E-state index is 0.385. The maximum Gasteiger partial charge on any atom is 0.139 e. The zero-order valence-corrected chi connectivity index (χ0v) is 23.2. The van der Waals surface area contributed by atoms with Crippen molar-refractivity contribution in [2.24, 2.45) is 0 Å². The van der Waals surface area contributed by atoms with Crippen LogP contribution in [0.5, 0.6) is 5.75 Å². The van der Waals surface area contributed by atoms with Crippen LogP contribution in [-0.4, -0.2) is 29.4 Å². The third-order valence-corrected chi connectivity index (χ3v) is 7.31. The average Bonchev–Trinajstić information content (AvgIpc) is 2.80. The molecule has 0 aromatic heterocycles. The van der Waals surface area contributed by atoms with Gasteiger partial charge in [0, 0.05) is 18.2 Å². The number of benzene rings is 2. The highest BCUT2D eigenvalue weighted by atomic mass is 79.9. The summed E-state index contributed by atoms with van der Waals surface area (Å²) in [6, 6.07) is 12.1. The quantitative estimate of drug-likeness (QED) is 0.210. The summed E-state index contributed by atoms with van der Waals surface area (Å²) < 4.78 is 24.5. The van der Waals surface area contributed by atoms with Crippen LogP contribution in [0.2, 0.25) is 19.6 Å². The summed E-state index contributed by atoms with van der Waals surface area (Å²) in [6.45, 7) is 7.02. The molecule has 176 valence electrons. The standard InChI is InChI=1S/C26H30BrClO4Si/c1-29-22-15-21(32-16-17-10-8-7-9-11-17)23-19(25(22)30-2)14-18(24(27)26(23)31-3)20(28)12-13-33(4,5)6/h7-11,14-15,20-21,25H,16H2,1-6H3. The van der Waals surface area contributed by atoms with Crippen molar-refractivity contribution < 1.29 is 18.9 Å². The Morgan fingerprint density at radius 1 is 1.09 bits per heavy atom. The van der Waals surface area contributed by atoms with Crippen molar-refractivity contribution in [2.45, 2.75) is 43.8 Å². The van der Waals surface area contributed by atoms with Crippen molar-refractivity contribution >= 4 is 35.6 Å². The largest absolute Gasteiger partial charge is 0.498 e. The second-order valence-electron chi connectivity index (χ2n) is 8.80. The summed E-state index contributed by atoms with van der Waals surface area (Å²) in [5.41, 5.74) is 7.06. The van der Waals surface area contributed by atoms with E-state index in [1.165, 1.54) is 0 Å². The molecule has 0 aliphatic heterocycles. The van der Waals surface area contributed by atoms with E-state index in [2.05, 4.69) is 47.0 Å². The highest BCUT2D eigenvalue weighted by Gasteiger charge is 2.35. The predicted octanol–water partition coefficient (Wildman–Crippen LogP) is 7.11. The van der Waals surface area contributed by atoms with Crippen molar-refractivity contribution in [3.05, 3.63) is 75.0 Å². The second kappa shape index (κ2) is 11.1. The van der Waals surface area contributed by atoms with Gasteiger partial charge < -0.3 is 18.9 Å². The lowest BCUT2D eigenvalue weighted by Gasteiger charge is -2.32. The van der Waals surface area contributed by atoms with Gasteiger partial charge >= 0.3 is 0 Å². The molecule has 0 bridgehead atoms. The molecule has 0 N–H and O–H groups in total. The van der Waals surface area contributed by atoms with Gasteiger partial charge in [0.1, 0.15) is 37.2 Å². The van der Waals surface area contributed by atoms with Gasteiger partial charge in [0.25, 0.3) is 0 Å². The van der Waals surface area contributed by atoms with Crippen LogP contribution in [0.15, 0.2) is 52.7 Å². The van der Waals surface area contributed by atoms with Crippen LogP contribution < -0.4 is 4.74 Å². The monoisotopic (exact) mass is 548 g/mol. The fourth-order valence-corrected chi connectivity index (χ4v) is 5.47. The van der Waals surface area contributed by atoms with E-state index in [-0.39, 0.29) is 6.10 Å². The molecule has 0 spiro atoms. The predicted molar refractivity (Wildman–Crippen MR) is 139 cm³/mol. The average molecular weight is 550 g/mol. The molecule has 3 unspecified atom stereocenters. The summed E-state index contributed by atoms with van der Waals surface area (Å²) in [4.78, 5) is 0. The minimum Gasteiger partial charge on any atom is -0.498 e. The maximum absolute atomic E-state index is 6.77. The Kier molecular flexibility index (Phi) is 8.71. The van der Waals surface area contributed by atoms with E-state index in [4.69, 9.17) is 30.5 Å². The fourth-order valence-electron chi connectivity index (χ4n) is 3.72. The Morgan fingerprint density at radius 3 is 2.36 bits per heavy atom. The van der Waals surface area contributed by atoms with E-state index in [0.29, 0.717) is 18.1 Å². The third-order valence-electron chi connectivity index (χ3n) is 5.26. The fraction of sp³-hybridized carbons (Fsp3) is 0.385. The molecular formula is C26H30BrClO4Si. The van der Waals surface area contributed by atoms with Gasteiger partial charge in [-0.05, 0) is 39.2 Å². The normalized spacial score (nSPS) is 18.5. The van der Waals surface area contributed by atoms with Gasteiger partial charge in [-0.1, -0.05) is 55.9 Å². The number of hydrogen-bond acceptors (Lipinski definition) is 4. The van der Waals surface area contributed by atoms with Crippen molar-refractivity contribution in [2.75, 3.05) is 21.3 Å². The number of rotatable bonds is 7. The van der Waals surface area contributed by atoms with Crippen LogP contribution in [-0.2, 0) is 20.8 Å². The lowest BCUT2D eigenvalue weighted by atomic mass is 9.88. The Balaban J connectivity index is 2.11. The number of alkyl halides is 1. The Bertz CT molecular complexity index is 1070. The van der Waals surface area contributed by atoms with E-state index in [1.54, 1.807) is 21.3 Å². The molecule has 1 aliphatic carbocycles. The van der Waals surface area contributed by atoms with Crippen LogP contribution >= 0.6 is 27.5 Å². The molecule has 2 aromatic rings. The van der Waals surface area contributed by atoms with Gasteiger partial charge in [0.05, 0.1) is 25.3 Å². The van der Waals surface area contributed by atoms with Gasteiger partial charge in [0.15, 0.2) is 0 Å². The van der Waals surface area contributed by atoms with E-state index in [0.717, 1.165) is 26.7 Å².